The van der Waals surface area contributed by atoms with Gasteiger partial charge in [0.1, 0.15) is 0 Å². The number of aromatic amines is 1. The van der Waals surface area contributed by atoms with Gasteiger partial charge in [-0.05, 0) is 46.5 Å². The largest absolute Gasteiger partial charge is 0.291 e. The number of nitrogens with zero attached hydrogens (tertiary/aromatic N) is 2. The first-order valence-electron chi connectivity index (χ1n) is 7.03. The van der Waals surface area contributed by atoms with E-state index in [4.69, 9.17) is 0 Å². The zero-order valence-electron chi connectivity index (χ0n) is 11.8. The van der Waals surface area contributed by atoms with E-state index in [0.717, 1.165) is 15.7 Å². The van der Waals surface area contributed by atoms with E-state index in [1.165, 1.54) is 12.8 Å². The van der Waals surface area contributed by atoms with Gasteiger partial charge in [0.05, 0.1) is 6.21 Å². The van der Waals surface area contributed by atoms with E-state index in [2.05, 4.69) is 36.7 Å². The highest BCUT2D eigenvalue weighted by Crippen LogP contribution is 2.38. The Labute approximate surface area is 136 Å². The van der Waals surface area contributed by atoms with Crippen molar-refractivity contribution in [1.29, 1.82) is 0 Å². The molecule has 112 valence electrons. The van der Waals surface area contributed by atoms with Gasteiger partial charge in [0.2, 0.25) is 0 Å². The van der Waals surface area contributed by atoms with Crippen LogP contribution in [0.5, 0.6) is 0 Å². The standard InChI is InChI=1S/C16H15BrN4O/c17-13(8-11-4-2-1-3-5-11)10-18-21-16(22)15-9-14(19-20-15)12-6-7-12/h1-5,8-10,12H,6-7H2,(H,19,20)(H,21,22)/b13-8+,18-10?. The van der Waals surface area contributed by atoms with Gasteiger partial charge in [-0.15, -0.1) is 0 Å². The Morgan fingerprint density at radius 1 is 1.36 bits per heavy atom. The van der Waals surface area contributed by atoms with Crippen LogP contribution in [0.1, 0.15) is 40.5 Å². The summed E-state index contributed by atoms with van der Waals surface area (Å²) in [4.78, 5) is 11.9. The summed E-state index contributed by atoms with van der Waals surface area (Å²) in [6, 6.07) is 11.6. The first-order chi connectivity index (χ1) is 10.7. The monoisotopic (exact) mass is 358 g/mol. The number of nitrogens with one attached hydrogen (secondary N) is 2. The molecule has 1 aliphatic rings. The van der Waals surface area contributed by atoms with Gasteiger partial charge in [0.15, 0.2) is 5.69 Å². The van der Waals surface area contributed by atoms with Crippen molar-refractivity contribution in [3.8, 4) is 0 Å². The summed E-state index contributed by atoms with van der Waals surface area (Å²) >= 11 is 3.39. The summed E-state index contributed by atoms with van der Waals surface area (Å²) in [7, 11) is 0. The van der Waals surface area contributed by atoms with Crippen molar-refractivity contribution in [2.24, 2.45) is 5.10 Å². The van der Waals surface area contributed by atoms with Crippen molar-refractivity contribution in [1.82, 2.24) is 15.6 Å². The summed E-state index contributed by atoms with van der Waals surface area (Å²) in [5.41, 5.74) is 4.91. The van der Waals surface area contributed by atoms with E-state index < -0.39 is 0 Å². The van der Waals surface area contributed by atoms with Crippen LogP contribution in [0.4, 0.5) is 0 Å². The topological polar surface area (TPSA) is 70.1 Å². The molecule has 0 spiro atoms. The van der Waals surface area contributed by atoms with E-state index in [1.54, 1.807) is 12.3 Å². The Morgan fingerprint density at radius 2 is 2.14 bits per heavy atom. The van der Waals surface area contributed by atoms with Gasteiger partial charge in [-0.2, -0.15) is 10.2 Å². The molecular formula is C16H15BrN4O. The molecule has 2 aromatic rings. The summed E-state index contributed by atoms with van der Waals surface area (Å²) in [6.45, 7) is 0. The molecule has 1 aromatic carbocycles. The Balaban J connectivity index is 1.56. The zero-order chi connectivity index (χ0) is 15.4. The number of carbonyl (C=O) groups is 1. The normalized spacial score (nSPS) is 15.2. The highest BCUT2D eigenvalue weighted by atomic mass is 79.9. The lowest BCUT2D eigenvalue weighted by molar-refractivity contribution is 0.0950. The Kier molecular flexibility index (Phi) is 4.48. The fraction of sp³-hybridized carbons (Fsp3) is 0.188. The SMILES string of the molecule is O=C(NN=C/C(Br)=C\c1ccccc1)c1cc(C2CC2)[nH]n1. The average molecular weight is 359 g/mol. The fourth-order valence-electron chi connectivity index (χ4n) is 2.01. The third-order valence-corrected chi connectivity index (χ3v) is 3.74. The van der Waals surface area contributed by atoms with E-state index in [0.29, 0.717) is 11.6 Å². The van der Waals surface area contributed by atoms with Gasteiger partial charge >= 0.3 is 0 Å². The molecule has 1 aromatic heterocycles. The molecule has 1 aliphatic carbocycles. The number of hydrogen-bond acceptors (Lipinski definition) is 3. The van der Waals surface area contributed by atoms with Crippen molar-refractivity contribution in [2.45, 2.75) is 18.8 Å². The second-order valence-corrected chi connectivity index (χ2v) is 6.04. The third-order valence-electron chi connectivity index (χ3n) is 3.31. The summed E-state index contributed by atoms with van der Waals surface area (Å²) in [5, 5.41) is 10.8. The smallest absolute Gasteiger partial charge is 0.281 e. The first-order valence-corrected chi connectivity index (χ1v) is 7.82. The number of hydrazone groups is 1. The molecule has 0 bridgehead atoms. The molecule has 22 heavy (non-hydrogen) atoms. The number of amides is 1. The highest BCUT2D eigenvalue weighted by Gasteiger charge is 2.26. The lowest BCUT2D eigenvalue weighted by Gasteiger charge is -1.95. The van der Waals surface area contributed by atoms with Crippen molar-refractivity contribution in [3.63, 3.8) is 0 Å². The first kappa shape index (κ1) is 14.7. The maximum Gasteiger partial charge on any atom is 0.291 e. The third kappa shape index (κ3) is 3.92. The van der Waals surface area contributed by atoms with E-state index in [1.807, 2.05) is 36.4 Å². The number of rotatable bonds is 5. The summed E-state index contributed by atoms with van der Waals surface area (Å²) < 4.78 is 0.764. The summed E-state index contributed by atoms with van der Waals surface area (Å²) in [5.74, 6) is 0.222. The molecular weight excluding hydrogens is 344 g/mol. The molecule has 1 saturated carbocycles. The zero-order valence-corrected chi connectivity index (χ0v) is 13.4. The number of halogens is 1. The van der Waals surface area contributed by atoms with Crippen LogP contribution in [0.3, 0.4) is 0 Å². The number of allylic oxidation sites excluding steroid dienone is 1. The minimum absolute atomic E-state index is 0.320. The van der Waals surface area contributed by atoms with Crippen LogP contribution in [0.2, 0.25) is 0 Å². The summed E-state index contributed by atoms with van der Waals surface area (Å²) in [6.07, 6.45) is 5.78. The molecule has 0 radical (unpaired) electrons. The number of carbonyl (C=O) groups excluding carboxylic acids is 1. The van der Waals surface area contributed by atoms with Gasteiger partial charge in [0.25, 0.3) is 5.91 Å². The molecule has 3 rings (SSSR count). The van der Waals surface area contributed by atoms with Gasteiger partial charge in [-0.3, -0.25) is 9.89 Å². The maximum absolute atomic E-state index is 11.9. The van der Waals surface area contributed by atoms with E-state index >= 15 is 0 Å². The highest BCUT2D eigenvalue weighted by molar-refractivity contribution is 9.12. The molecule has 0 unspecified atom stereocenters. The maximum atomic E-state index is 11.9. The van der Waals surface area contributed by atoms with Crippen molar-refractivity contribution < 1.29 is 4.79 Å². The number of H-pyrrole nitrogens is 1. The Hall–Kier alpha value is -2.21. The number of aromatic nitrogens is 2. The van der Waals surface area contributed by atoms with Crippen LogP contribution >= 0.6 is 15.9 Å². The van der Waals surface area contributed by atoms with Gasteiger partial charge < -0.3 is 0 Å². The van der Waals surface area contributed by atoms with Crippen LogP contribution in [-0.4, -0.2) is 22.3 Å². The van der Waals surface area contributed by atoms with Crippen LogP contribution in [0.25, 0.3) is 6.08 Å². The molecule has 5 nitrogen and oxygen atoms in total. The molecule has 2 N–H and O–H groups in total. The van der Waals surface area contributed by atoms with E-state index in [9.17, 15) is 4.79 Å². The molecule has 6 heteroatoms. The molecule has 0 atom stereocenters. The molecule has 0 saturated heterocycles. The van der Waals surface area contributed by atoms with Gasteiger partial charge in [-0.25, -0.2) is 5.43 Å². The predicted octanol–water partition coefficient (Wildman–Crippen LogP) is 3.44. The predicted molar refractivity (Wildman–Crippen MR) is 89.9 cm³/mol. The van der Waals surface area contributed by atoms with Gasteiger partial charge in [0, 0.05) is 16.1 Å². The van der Waals surface area contributed by atoms with Crippen LogP contribution in [0, 0.1) is 0 Å². The lowest BCUT2D eigenvalue weighted by atomic mass is 10.2. The van der Waals surface area contributed by atoms with Crippen molar-refractivity contribution in [3.05, 3.63) is 57.8 Å². The Bertz CT molecular complexity index is 717. The number of benzene rings is 1. The quantitative estimate of drug-likeness (QED) is 0.634. The second kappa shape index (κ2) is 6.70. The second-order valence-electron chi connectivity index (χ2n) is 5.12. The van der Waals surface area contributed by atoms with E-state index in [-0.39, 0.29) is 5.91 Å². The molecule has 0 aliphatic heterocycles. The molecule has 1 fully saturated rings. The minimum atomic E-state index is -0.320. The molecule has 1 amide bonds. The van der Waals surface area contributed by atoms with Crippen molar-refractivity contribution in [2.75, 3.05) is 0 Å². The number of hydrogen-bond donors (Lipinski definition) is 2. The lowest BCUT2D eigenvalue weighted by Crippen LogP contribution is -2.17. The van der Waals surface area contributed by atoms with Crippen LogP contribution in [0.15, 0.2) is 46.0 Å². The molecule has 1 heterocycles. The van der Waals surface area contributed by atoms with Gasteiger partial charge in [-0.1, -0.05) is 30.3 Å². The fourth-order valence-corrected chi connectivity index (χ4v) is 2.38. The van der Waals surface area contributed by atoms with Crippen LogP contribution in [-0.2, 0) is 0 Å². The average Bonchev–Trinajstić information content (AvgIpc) is 3.25. The van der Waals surface area contributed by atoms with Crippen LogP contribution < -0.4 is 5.43 Å². The minimum Gasteiger partial charge on any atom is -0.281 e. The Morgan fingerprint density at radius 3 is 2.86 bits per heavy atom. The van der Waals surface area contributed by atoms with Crippen molar-refractivity contribution >= 4 is 34.1 Å².